The maximum absolute atomic E-state index is 13.1. The van der Waals surface area contributed by atoms with E-state index in [2.05, 4.69) is 36.8 Å². The molecule has 3 nitrogen and oxygen atoms in total. The molecule has 3 aromatic rings. The molecule has 0 amide bonds. The van der Waals surface area contributed by atoms with Gasteiger partial charge in [-0.2, -0.15) is 13.2 Å². The first-order valence-electron chi connectivity index (χ1n) is 7.70. The summed E-state index contributed by atoms with van der Waals surface area (Å²) in [6.07, 6.45) is -4.48. The van der Waals surface area contributed by atoms with E-state index in [0.29, 0.717) is 22.2 Å². The number of methoxy groups -OCH3 is 1. The lowest BCUT2D eigenvalue weighted by molar-refractivity contribution is -0.137. The fourth-order valence-corrected chi connectivity index (χ4v) is 3.72. The molecule has 0 spiro atoms. The minimum absolute atomic E-state index is 0.224. The van der Waals surface area contributed by atoms with Crippen molar-refractivity contribution < 1.29 is 22.7 Å². The van der Waals surface area contributed by atoms with Gasteiger partial charge in [0.25, 0.3) is 0 Å². The zero-order valence-electron chi connectivity index (χ0n) is 13.9. The molecule has 27 heavy (non-hydrogen) atoms. The number of fused-ring (bicyclic) bond motifs is 1. The number of carbonyl (C=O) groups is 1. The van der Waals surface area contributed by atoms with Crippen LogP contribution in [-0.4, -0.2) is 18.1 Å². The van der Waals surface area contributed by atoms with Crippen LogP contribution in [0.15, 0.2) is 46.9 Å². The Morgan fingerprint density at radius 2 is 1.93 bits per heavy atom. The Morgan fingerprint density at radius 3 is 2.56 bits per heavy atom. The Balaban J connectivity index is 2.38. The second kappa shape index (κ2) is 7.59. The number of carbonyl (C=O) groups excluding carboxylic acids is 1. The molecule has 0 aliphatic carbocycles. The Labute approximate surface area is 169 Å². The highest BCUT2D eigenvalue weighted by molar-refractivity contribution is 9.10. The van der Waals surface area contributed by atoms with Crippen molar-refractivity contribution in [2.75, 3.05) is 7.11 Å². The third-order valence-corrected chi connectivity index (χ3v) is 5.09. The summed E-state index contributed by atoms with van der Waals surface area (Å²) >= 11 is 6.68. The number of hydrogen-bond acceptors (Lipinski definition) is 3. The van der Waals surface area contributed by atoms with Crippen LogP contribution in [0.3, 0.4) is 0 Å². The quantitative estimate of drug-likeness (QED) is 0.309. The van der Waals surface area contributed by atoms with Crippen molar-refractivity contribution in [2.45, 2.75) is 11.5 Å². The number of halogens is 5. The average Bonchev–Trinajstić information content (AvgIpc) is 2.65. The summed E-state index contributed by atoms with van der Waals surface area (Å²) in [7, 11) is 1.26. The number of esters is 1. The van der Waals surface area contributed by atoms with Gasteiger partial charge in [-0.3, -0.25) is 0 Å². The molecule has 8 heteroatoms. The number of hydrogen-bond donors (Lipinski definition) is 0. The summed E-state index contributed by atoms with van der Waals surface area (Å²) < 4.78 is 45.0. The van der Waals surface area contributed by atoms with E-state index < -0.39 is 17.7 Å². The molecule has 0 radical (unpaired) electrons. The minimum Gasteiger partial charge on any atom is -0.465 e. The molecule has 0 bridgehead atoms. The van der Waals surface area contributed by atoms with Gasteiger partial charge in [0, 0.05) is 26.3 Å². The lowest BCUT2D eigenvalue weighted by Crippen LogP contribution is -2.10. The van der Waals surface area contributed by atoms with E-state index in [0.717, 1.165) is 16.6 Å². The van der Waals surface area contributed by atoms with Gasteiger partial charge in [0.1, 0.15) is 0 Å². The minimum atomic E-state index is -4.48. The number of nitrogens with zero attached hydrogens (tertiary/aromatic N) is 1. The molecule has 0 unspecified atom stereocenters. The first-order valence-corrected chi connectivity index (χ1v) is 9.61. The highest BCUT2D eigenvalue weighted by Crippen LogP contribution is 2.36. The Bertz CT molecular complexity index is 1040. The lowest BCUT2D eigenvalue weighted by atomic mass is 9.97. The second-order valence-electron chi connectivity index (χ2n) is 5.68. The van der Waals surface area contributed by atoms with Gasteiger partial charge in [0.2, 0.25) is 0 Å². The molecule has 0 atom stereocenters. The number of alkyl halides is 4. The fourth-order valence-electron chi connectivity index (χ4n) is 2.82. The van der Waals surface area contributed by atoms with Gasteiger partial charge in [0.15, 0.2) is 0 Å². The van der Waals surface area contributed by atoms with Crippen LogP contribution in [0.25, 0.3) is 22.2 Å². The molecule has 1 aromatic heterocycles. The summed E-state index contributed by atoms with van der Waals surface area (Å²) in [4.78, 5) is 17.0. The number of pyridine rings is 1. The van der Waals surface area contributed by atoms with Gasteiger partial charge in [-0.05, 0) is 24.3 Å². The van der Waals surface area contributed by atoms with Crippen LogP contribution < -0.4 is 0 Å². The van der Waals surface area contributed by atoms with Gasteiger partial charge >= 0.3 is 12.1 Å². The van der Waals surface area contributed by atoms with E-state index >= 15 is 0 Å². The lowest BCUT2D eigenvalue weighted by Gasteiger charge is -2.16. The van der Waals surface area contributed by atoms with Crippen LogP contribution in [0.5, 0.6) is 0 Å². The van der Waals surface area contributed by atoms with E-state index in [1.165, 1.54) is 19.2 Å². The summed E-state index contributed by atoms with van der Waals surface area (Å²) in [6, 6.07) is 10.1. The highest BCUT2D eigenvalue weighted by atomic mass is 79.9. The van der Waals surface area contributed by atoms with Gasteiger partial charge < -0.3 is 4.74 Å². The van der Waals surface area contributed by atoms with Gasteiger partial charge in [-0.1, -0.05) is 50.1 Å². The maximum atomic E-state index is 13.1. The molecular weight excluding hydrogens is 491 g/mol. The van der Waals surface area contributed by atoms with E-state index in [1.807, 2.05) is 0 Å². The number of aromatic nitrogens is 1. The average molecular weight is 503 g/mol. The van der Waals surface area contributed by atoms with Gasteiger partial charge in [-0.25, -0.2) is 9.78 Å². The molecule has 0 aliphatic rings. The normalized spacial score (nSPS) is 11.6. The first kappa shape index (κ1) is 19.8. The molecule has 140 valence electrons. The Kier molecular flexibility index (Phi) is 5.58. The topological polar surface area (TPSA) is 39.2 Å². The summed E-state index contributed by atoms with van der Waals surface area (Å²) in [5.41, 5.74) is 1.00. The van der Waals surface area contributed by atoms with E-state index in [9.17, 15) is 18.0 Å². The highest BCUT2D eigenvalue weighted by Gasteiger charge is 2.31. The van der Waals surface area contributed by atoms with Crippen molar-refractivity contribution >= 4 is 48.7 Å². The summed E-state index contributed by atoms with van der Waals surface area (Å²) in [5, 5.41) is 0.789. The standard InChI is InChI=1S/C19H12Br2F3NO2/c1-27-18(26)16-13-6-5-12(21)8-15(13)25-17(14(16)9-20)10-3-2-4-11(7-10)19(22,23)24/h2-8H,9H2,1H3. The fraction of sp³-hybridized carbons (Fsp3) is 0.158. The second-order valence-corrected chi connectivity index (χ2v) is 7.16. The van der Waals surface area contributed by atoms with Crippen molar-refractivity contribution in [2.24, 2.45) is 0 Å². The number of benzene rings is 2. The third kappa shape index (κ3) is 3.87. The van der Waals surface area contributed by atoms with Crippen LogP contribution in [0, 0.1) is 0 Å². The summed E-state index contributed by atoms with van der Waals surface area (Å²) in [5.74, 6) is -0.576. The van der Waals surface area contributed by atoms with Crippen LogP contribution in [0.1, 0.15) is 21.5 Å². The van der Waals surface area contributed by atoms with Crippen molar-refractivity contribution in [3.63, 3.8) is 0 Å². The predicted octanol–water partition coefficient (Wildman–Crippen LogP) is 6.36. The molecular formula is C19H12Br2F3NO2. The molecule has 0 N–H and O–H groups in total. The van der Waals surface area contributed by atoms with E-state index in [-0.39, 0.29) is 16.5 Å². The zero-order chi connectivity index (χ0) is 19.8. The van der Waals surface area contributed by atoms with Crippen molar-refractivity contribution in [1.29, 1.82) is 0 Å². The summed E-state index contributed by atoms with van der Waals surface area (Å²) in [6.45, 7) is 0. The zero-order valence-corrected chi connectivity index (χ0v) is 17.1. The largest absolute Gasteiger partial charge is 0.465 e. The van der Waals surface area contributed by atoms with Crippen LogP contribution >= 0.6 is 31.9 Å². The molecule has 1 heterocycles. The molecule has 0 saturated carbocycles. The SMILES string of the molecule is COC(=O)c1c(CBr)c(-c2cccc(C(F)(F)F)c2)nc2cc(Br)ccc12. The smallest absolute Gasteiger partial charge is 0.416 e. The Morgan fingerprint density at radius 1 is 1.19 bits per heavy atom. The molecule has 2 aromatic carbocycles. The molecule has 0 aliphatic heterocycles. The monoisotopic (exact) mass is 501 g/mol. The molecule has 3 rings (SSSR count). The van der Waals surface area contributed by atoms with E-state index in [1.54, 1.807) is 18.2 Å². The number of ether oxygens (including phenoxy) is 1. The predicted molar refractivity (Wildman–Crippen MR) is 104 cm³/mol. The van der Waals surface area contributed by atoms with Crippen LogP contribution in [-0.2, 0) is 16.2 Å². The molecule has 0 saturated heterocycles. The van der Waals surface area contributed by atoms with Crippen molar-refractivity contribution in [1.82, 2.24) is 4.98 Å². The third-order valence-electron chi connectivity index (χ3n) is 4.04. The van der Waals surface area contributed by atoms with Gasteiger partial charge in [-0.15, -0.1) is 0 Å². The van der Waals surface area contributed by atoms with E-state index in [4.69, 9.17) is 4.74 Å². The van der Waals surface area contributed by atoms with Crippen molar-refractivity contribution in [3.8, 4) is 11.3 Å². The maximum Gasteiger partial charge on any atom is 0.416 e. The molecule has 0 fully saturated rings. The van der Waals surface area contributed by atoms with Gasteiger partial charge in [0.05, 0.1) is 29.4 Å². The first-order chi connectivity index (χ1) is 12.8. The number of rotatable bonds is 3. The van der Waals surface area contributed by atoms with Crippen LogP contribution in [0.2, 0.25) is 0 Å². The Hall–Kier alpha value is -1.93. The van der Waals surface area contributed by atoms with Crippen LogP contribution in [0.4, 0.5) is 13.2 Å². The van der Waals surface area contributed by atoms with Crippen molar-refractivity contribution in [3.05, 3.63) is 63.6 Å².